The number of aliphatic hydroxyl groups is 2. The minimum Gasteiger partial charge on any atom is -0.465 e. The van der Waals surface area contributed by atoms with Crippen molar-refractivity contribution in [3.8, 4) is 0 Å². The molecule has 2 fully saturated rings. The molecule has 0 heterocycles. The van der Waals surface area contributed by atoms with Gasteiger partial charge in [-0.15, -0.1) is 0 Å². The number of rotatable bonds is 13. The number of carbonyl (C=O) groups excluding carboxylic acids is 4. The summed E-state index contributed by atoms with van der Waals surface area (Å²) in [5.41, 5.74) is -0.719. The quantitative estimate of drug-likeness (QED) is 0.165. The van der Waals surface area contributed by atoms with E-state index in [0.717, 1.165) is 36.8 Å². The second-order valence-electron chi connectivity index (χ2n) is 12.6. The number of aryl methyl sites for hydroxylation is 2. The molecule has 8 heteroatoms. The number of Topliss-reactive ketones (excluding diaryl/α,β-unsaturated/α-hetero) is 2. The second-order valence-corrected chi connectivity index (χ2v) is 12.6. The maximum atomic E-state index is 13.2. The van der Waals surface area contributed by atoms with Crippen LogP contribution in [-0.4, -0.2) is 58.1 Å². The van der Waals surface area contributed by atoms with Crippen molar-refractivity contribution < 1.29 is 38.9 Å². The predicted molar refractivity (Wildman–Crippen MR) is 165 cm³/mol. The standard InChI is InChI=1S/C36H46O8/c1-25-13-17-27(18-14-25)31(37)35(41)21-7-5-11-29(35)33(39)43-23-9-3-4-10-24-44-34(40)30-12-6-8-22-36(30,42)32(38)28-19-15-26(2)16-20-28/h13-20,29-30,41-42H,3-12,21-24H2,1-2H3/t29-,30?,35-,36?/m1/s1. The lowest BCUT2D eigenvalue weighted by atomic mass is 9.71. The van der Waals surface area contributed by atoms with Crippen molar-refractivity contribution in [3.63, 3.8) is 0 Å². The minimum absolute atomic E-state index is 0.181. The van der Waals surface area contributed by atoms with Gasteiger partial charge in [0.15, 0.2) is 11.6 Å². The fourth-order valence-corrected chi connectivity index (χ4v) is 6.50. The zero-order valence-corrected chi connectivity index (χ0v) is 26.0. The summed E-state index contributed by atoms with van der Waals surface area (Å²) in [4.78, 5) is 52.3. The molecule has 2 aliphatic rings. The van der Waals surface area contributed by atoms with Crippen molar-refractivity contribution in [3.05, 3.63) is 70.8 Å². The summed E-state index contributed by atoms with van der Waals surface area (Å²) in [5.74, 6) is -3.72. The van der Waals surface area contributed by atoms with E-state index in [-0.39, 0.29) is 26.1 Å². The lowest BCUT2D eigenvalue weighted by Gasteiger charge is -2.37. The molecule has 0 bridgehead atoms. The van der Waals surface area contributed by atoms with Gasteiger partial charge in [-0.05, 0) is 65.2 Å². The zero-order valence-electron chi connectivity index (χ0n) is 26.0. The van der Waals surface area contributed by atoms with Crippen LogP contribution < -0.4 is 0 Å². The van der Waals surface area contributed by atoms with Crippen LogP contribution in [0.4, 0.5) is 0 Å². The van der Waals surface area contributed by atoms with E-state index in [1.807, 2.05) is 38.1 Å². The third-order valence-electron chi connectivity index (χ3n) is 9.26. The topological polar surface area (TPSA) is 127 Å². The minimum atomic E-state index is -1.76. The van der Waals surface area contributed by atoms with Gasteiger partial charge >= 0.3 is 11.9 Å². The monoisotopic (exact) mass is 606 g/mol. The van der Waals surface area contributed by atoms with Gasteiger partial charge in [-0.2, -0.15) is 0 Å². The molecule has 2 unspecified atom stereocenters. The number of carbonyl (C=O) groups is 4. The molecule has 2 N–H and O–H groups in total. The van der Waals surface area contributed by atoms with Crippen LogP contribution in [0, 0.1) is 25.7 Å². The van der Waals surface area contributed by atoms with Crippen LogP contribution in [-0.2, 0) is 19.1 Å². The number of esters is 2. The Balaban J connectivity index is 1.18. The highest BCUT2D eigenvalue weighted by Crippen LogP contribution is 2.38. The van der Waals surface area contributed by atoms with E-state index in [1.54, 1.807) is 24.3 Å². The van der Waals surface area contributed by atoms with Crippen LogP contribution in [0.3, 0.4) is 0 Å². The fraction of sp³-hybridized carbons (Fsp3) is 0.556. The first-order chi connectivity index (χ1) is 21.1. The molecule has 238 valence electrons. The van der Waals surface area contributed by atoms with Crippen LogP contribution in [0.5, 0.6) is 0 Å². The van der Waals surface area contributed by atoms with E-state index < -0.39 is 46.5 Å². The SMILES string of the molecule is Cc1ccc(C(=O)C2(O)CCCCC2C(=O)OCCCCCCOC(=O)[C@H]2CCCC[C@]2(O)C(=O)c2ccc(C)cc2)cc1. The Kier molecular flexibility index (Phi) is 11.5. The molecule has 4 atom stereocenters. The molecule has 0 spiro atoms. The van der Waals surface area contributed by atoms with Crippen LogP contribution in [0.15, 0.2) is 48.5 Å². The van der Waals surface area contributed by atoms with Crippen LogP contribution in [0.1, 0.15) is 109 Å². The molecule has 2 aliphatic carbocycles. The van der Waals surface area contributed by atoms with E-state index in [2.05, 4.69) is 0 Å². The molecule has 0 radical (unpaired) electrons. The maximum absolute atomic E-state index is 13.2. The molecule has 2 aromatic carbocycles. The Morgan fingerprint density at radius 2 is 0.977 bits per heavy atom. The van der Waals surface area contributed by atoms with Gasteiger partial charge in [0.05, 0.1) is 25.0 Å². The number of hydrogen-bond donors (Lipinski definition) is 2. The smallest absolute Gasteiger partial charge is 0.312 e. The number of benzene rings is 2. The van der Waals surface area contributed by atoms with Crippen molar-refractivity contribution in [2.24, 2.45) is 11.8 Å². The summed E-state index contributed by atoms with van der Waals surface area (Å²) < 4.78 is 11.0. The molecule has 44 heavy (non-hydrogen) atoms. The van der Waals surface area contributed by atoms with Gasteiger partial charge in [-0.3, -0.25) is 19.2 Å². The Bertz CT molecular complexity index is 1200. The lowest BCUT2D eigenvalue weighted by molar-refractivity contribution is -0.160. The largest absolute Gasteiger partial charge is 0.465 e. The van der Waals surface area contributed by atoms with Crippen molar-refractivity contribution in [2.45, 2.75) is 102 Å². The molecule has 0 amide bonds. The molecular formula is C36H46O8. The van der Waals surface area contributed by atoms with Crippen LogP contribution in [0.25, 0.3) is 0 Å². The second kappa shape index (κ2) is 15.1. The highest BCUT2D eigenvalue weighted by Gasteiger charge is 2.51. The van der Waals surface area contributed by atoms with Crippen molar-refractivity contribution in [1.29, 1.82) is 0 Å². The van der Waals surface area contributed by atoms with Crippen molar-refractivity contribution in [1.82, 2.24) is 0 Å². The number of unbranched alkanes of at least 4 members (excludes halogenated alkanes) is 3. The van der Waals surface area contributed by atoms with Crippen molar-refractivity contribution in [2.75, 3.05) is 13.2 Å². The molecule has 0 aliphatic heterocycles. The predicted octanol–water partition coefficient (Wildman–Crippen LogP) is 5.86. The number of ether oxygens (including phenoxy) is 2. The summed E-state index contributed by atoms with van der Waals surface area (Å²) in [6.45, 7) is 4.20. The van der Waals surface area contributed by atoms with Gasteiger partial charge in [0, 0.05) is 11.1 Å². The van der Waals surface area contributed by atoms with Gasteiger partial charge in [0.25, 0.3) is 0 Å². The highest BCUT2D eigenvalue weighted by molar-refractivity contribution is 6.05. The van der Waals surface area contributed by atoms with E-state index in [0.29, 0.717) is 49.7 Å². The summed E-state index contributed by atoms with van der Waals surface area (Å²) in [5, 5.41) is 22.7. The van der Waals surface area contributed by atoms with E-state index in [9.17, 15) is 29.4 Å². The van der Waals surface area contributed by atoms with Crippen molar-refractivity contribution >= 4 is 23.5 Å². The van der Waals surface area contributed by atoms with Gasteiger partial charge in [0.1, 0.15) is 11.2 Å². The number of hydrogen-bond acceptors (Lipinski definition) is 8. The number of ketones is 2. The summed E-state index contributed by atoms with van der Waals surface area (Å²) >= 11 is 0. The summed E-state index contributed by atoms with van der Waals surface area (Å²) in [6, 6.07) is 14.0. The average molecular weight is 607 g/mol. The maximum Gasteiger partial charge on any atom is 0.312 e. The van der Waals surface area contributed by atoms with Crippen LogP contribution in [0.2, 0.25) is 0 Å². The Hall–Kier alpha value is -3.36. The summed E-state index contributed by atoms with van der Waals surface area (Å²) in [7, 11) is 0. The third kappa shape index (κ3) is 7.83. The van der Waals surface area contributed by atoms with Gasteiger partial charge < -0.3 is 19.7 Å². The van der Waals surface area contributed by atoms with Gasteiger partial charge in [-0.1, -0.05) is 85.3 Å². The van der Waals surface area contributed by atoms with Gasteiger partial charge in [-0.25, -0.2) is 0 Å². The Morgan fingerprint density at radius 1 is 0.614 bits per heavy atom. The first-order valence-electron chi connectivity index (χ1n) is 16.1. The first-order valence-corrected chi connectivity index (χ1v) is 16.1. The molecule has 2 saturated carbocycles. The van der Waals surface area contributed by atoms with E-state index in [4.69, 9.17) is 9.47 Å². The summed E-state index contributed by atoms with van der Waals surface area (Å²) in [6.07, 6.45) is 6.80. The Labute approximate surface area is 260 Å². The molecule has 8 nitrogen and oxygen atoms in total. The lowest BCUT2D eigenvalue weighted by Crippen LogP contribution is -2.51. The fourth-order valence-electron chi connectivity index (χ4n) is 6.50. The molecule has 2 aromatic rings. The highest BCUT2D eigenvalue weighted by atomic mass is 16.5. The zero-order chi connectivity index (χ0) is 31.7. The third-order valence-corrected chi connectivity index (χ3v) is 9.26. The van der Waals surface area contributed by atoms with E-state index in [1.165, 1.54) is 0 Å². The molecule has 0 aromatic heterocycles. The first kappa shape index (κ1) is 33.5. The van der Waals surface area contributed by atoms with E-state index >= 15 is 0 Å². The average Bonchev–Trinajstić information content (AvgIpc) is 3.02. The molecular weight excluding hydrogens is 560 g/mol. The molecule has 4 rings (SSSR count). The van der Waals surface area contributed by atoms with Gasteiger partial charge in [0.2, 0.25) is 0 Å². The Morgan fingerprint density at radius 3 is 1.34 bits per heavy atom. The normalized spacial score (nSPS) is 25.2. The molecule has 0 saturated heterocycles. The van der Waals surface area contributed by atoms with Crippen LogP contribution >= 0.6 is 0 Å².